The van der Waals surface area contributed by atoms with Gasteiger partial charge in [-0.1, -0.05) is 0 Å². The highest BCUT2D eigenvalue weighted by Crippen LogP contribution is 2.38. The number of carboxylic acid groups (broad SMARTS) is 1. The van der Waals surface area contributed by atoms with Crippen molar-refractivity contribution in [1.29, 1.82) is 0 Å². The number of rotatable bonds is 2. The second-order valence-corrected chi connectivity index (χ2v) is 4.01. The molecule has 1 saturated heterocycles. The van der Waals surface area contributed by atoms with Gasteiger partial charge in [-0.2, -0.15) is 22.0 Å². The molecule has 1 heterocycles. The molecule has 104 valence electrons. The molecule has 10 heteroatoms. The van der Waals surface area contributed by atoms with Gasteiger partial charge in [0.15, 0.2) is 0 Å². The Bertz CT molecular complexity index is 383. The van der Waals surface area contributed by atoms with E-state index in [1.54, 1.807) is 0 Å². The summed E-state index contributed by atoms with van der Waals surface area (Å²) in [5.74, 6) is -9.59. The minimum atomic E-state index is -6.02. The maximum absolute atomic E-state index is 12.7. The number of likely N-dealkylation sites (tertiary alicyclic amines) is 1. The maximum atomic E-state index is 12.7. The number of alkyl halides is 5. The molecule has 0 spiro atoms. The zero-order valence-electron chi connectivity index (χ0n) is 8.80. The van der Waals surface area contributed by atoms with Crippen LogP contribution in [-0.4, -0.2) is 52.6 Å². The summed E-state index contributed by atoms with van der Waals surface area (Å²) in [6.07, 6.45) is -6.41. The molecule has 0 aliphatic carbocycles. The van der Waals surface area contributed by atoms with Gasteiger partial charge in [0.1, 0.15) is 5.54 Å². The van der Waals surface area contributed by atoms with E-state index < -0.39 is 42.6 Å². The van der Waals surface area contributed by atoms with E-state index in [0.29, 0.717) is 0 Å². The first-order valence-electron chi connectivity index (χ1n) is 4.68. The second kappa shape index (κ2) is 4.04. The molecular weight excluding hydrogens is 267 g/mol. The van der Waals surface area contributed by atoms with Crippen molar-refractivity contribution in [2.24, 2.45) is 5.73 Å². The van der Waals surface area contributed by atoms with E-state index in [4.69, 9.17) is 10.8 Å². The molecule has 1 amide bonds. The standard InChI is InChI=1S/C8H9F5N2O3/c9-7(10,8(11,12)13)4(16)15-2-1-6(14,3-15)5(17)18/h1-3,14H2,(H,17,18). The number of nitrogens with zero attached hydrogens (tertiary/aromatic N) is 1. The number of hydrogen-bond donors (Lipinski definition) is 2. The van der Waals surface area contributed by atoms with Crippen LogP contribution in [0.5, 0.6) is 0 Å². The molecular formula is C8H9F5N2O3. The van der Waals surface area contributed by atoms with Crippen molar-refractivity contribution in [2.75, 3.05) is 13.1 Å². The monoisotopic (exact) mass is 276 g/mol. The molecule has 5 nitrogen and oxygen atoms in total. The first-order chi connectivity index (χ1) is 7.92. The largest absolute Gasteiger partial charge is 0.480 e. The van der Waals surface area contributed by atoms with Gasteiger partial charge < -0.3 is 15.7 Å². The van der Waals surface area contributed by atoms with Crippen LogP contribution in [0.1, 0.15) is 6.42 Å². The van der Waals surface area contributed by atoms with Crippen molar-refractivity contribution < 1.29 is 36.6 Å². The van der Waals surface area contributed by atoms with Crippen LogP contribution in [0.25, 0.3) is 0 Å². The summed E-state index contributed by atoms with van der Waals surface area (Å²) >= 11 is 0. The van der Waals surface area contributed by atoms with Gasteiger partial charge in [0, 0.05) is 13.1 Å². The van der Waals surface area contributed by atoms with E-state index in [1.807, 2.05) is 0 Å². The summed E-state index contributed by atoms with van der Waals surface area (Å²) in [5.41, 5.74) is 3.27. The van der Waals surface area contributed by atoms with Crippen molar-refractivity contribution in [3.8, 4) is 0 Å². The predicted molar refractivity (Wildman–Crippen MR) is 46.8 cm³/mol. The number of halogens is 5. The van der Waals surface area contributed by atoms with Crippen molar-refractivity contribution in [1.82, 2.24) is 4.90 Å². The highest BCUT2D eigenvalue weighted by molar-refractivity contribution is 5.87. The minimum Gasteiger partial charge on any atom is -0.480 e. The van der Waals surface area contributed by atoms with Crippen molar-refractivity contribution in [3.05, 3.63) is 0 Å². The van der Waals surface area contributed by atoms with Gasteiger partial charge in [0.25, 0.3) is 0 Å². The Balaban J connectivity index is 2.87. The first kappa shape index (κ1) is 14.6. The van der Waals surface area contributed by atoms with E-state index in [1.165, 1.54) is 0 Å². The normalized spacial score (nSPS) is 25.3. The Morgan fingerprint density at radius 1 is 1.22 bits per heavy atom. The van der Waals surface area contributed by atoms with Gasteiger partial charge in [-0.25, -0.2) is 0 Å². The number of nitrogens with two attached hydrogens (primary N) is 1. The average Bonchev–Trinajstić information content (AvgIpc) is 2.59. The van der Waals surface area contributed by atoms with Gasteiger partial charge in [-0.3, -0.25) is 9.59 Å². The number of amides is 1. The predicted octanol–water partition coefficient (Wildman–Crippen LogP) is 0.198. The molecule has 0 bridgehead atoms. The molecule has 0 aromatic rings. The molecule has 1 unspecified atom stereocenters. The van der Waals surface area contributed by atoms with Crippen LogP contribution in [0.15, 0.2) is 0 Å². The Kier molecular flexibility index (Phi) is 3.28. The van der Waals surface area contributed by atoms with E-state index in [9.17, 15) is 31.5 Å². The number of hydrogen-bond acceptors (Lipinski definition) is 3. The molecule has 3 N–H and O–H groups in total. The first-order valence-corrected chi connectivity index (χ1v) is 4.68. The van der Waals surface area contributed by atoms with Gasteiger partial charge in [-0.15, -0.1) is 0 Å². The summed E-state index contributed by atoms with van der Waals surface area (Å²) in [5, 5.41) is 8.66. The van der Waals surface area contributed by atoms with Crippen LogP contribution < -0.4 is 5.73 Å². The quantitative estimate of drug-likeness (QED) is 0.706. The summed E-state index contributed by atoms with van der Waals surface area (Å²) in [7, 11) is 0. The summed E-state index contributed by atoms with van der Waals surface area (Å²) in [6, 6.07) is 0. The Labute approximate surface area is 97.3 Å². The average molecular weight is 276 g/mol. The van der Waals surface area contributed by atoms with Crippen molar-refractivity contribution in [2.45, 2.75) is 24.1 Å². The fraction of sp³-hybridized carbons (Fsp3) is 0.750. The lowest BCUT2D eigenvalue weighted by Crippen LogP contribution is -2.55. The van der Waals surface area contributed by atoms with Crippen LogP contribution in [0.4, 0.5) is 22.0 Å². The smallest absolute Gasteiger partial charge is 0.463 e. The number of carboxylic acids is 1. The lowest BCUT2D eigenvalue weighted by Gasteiger charge is -2.25. The van der Waals surface area contributed by atoms with Gasteiger partial charge in [0.2, 0.25) is 0 Å². The molecule has 1 atom stereocenters. The van der Waals surface area contributed by atoms with Gasteiger partial charge in [0.05, 0.1) is 0 Å². The Morgan fingerprint density at radius 2 is 1.72 bits per heavy atom. The fourth-order valence-corrected chi connectivity index (χ4v) is 1.50. The van der Waals surface area contributed by atoms with Crippen LogP contribution in [0.3, 0.4) is 0 Å². The molecule has 0 aromatic carbocycles. The number of aliphatic carboxylic acids is 1. The lowest BCUT2D eigenvalue weighted by atomic mass is 10.0. The van der Waals surface area contributed by atoms with Crippen LogP contribution in [0, 0.1) is 0 Å². The molecule has 18 heavy (non-hydrogen) atoms. The van der Waals surface area contributed by atoms with Gasteiger partial charge >= 0.3 is 24.0 Å². The zero-order chi connectivity index (χ0) is 14.4. The minimum absolute atomic E-state index is 0.113. The van der Waals surface area contributed by atoms with E-state index in [0.717, 1.165) is 0 Å². The number of carbonyl (C=O) groups is 2. The van der Waals surface area contributed by atoms with E-state index in [2.05, 4.69) is 0 Å². The Hall–Kier alpha value is -1.45. The third-order valence-electron chi connectivity index (χ3n) is 2.64. The second-order valence-electron chi connectivity index (χ2n) is 4.01. The number of carbonyl (C=O) groups excluding carboxylic acids is 1. The molecule has 0 radical (unpaired) electrons. The third kappa shape index (κ3) is 2.24. The summed E-state index contributed by atoms with van der Waals surface area (Å²) in [6.45, 7) is -1.44. The highest BCUT2D eigenvalue weighted by atomic mass is 19.4. The SMILES string of the molecule is NC1(C(=O)O)CCN(C(=O)C(F)(F)C(F)(F)F)C1. The fourth-order valence-electron chi connectivity index (χ4n) is 1.50. The van der Waals surface area contributed by atoms with Crippen LogP contribution in [0.2, 0.25) is 0 Å². The highest BCUT2D eigenvalue weighted by Gasteiger charge is 2.65. The molecule has 0 aromatic heterocycles. The van der Waals surface area contributed by atoms with Crippen LogP contribution >= 0.6 is 0 Å². The maximum Gasteiger partial charge on any atom is 0.463 e. The molecule has 1 aliphatic rings. The third-order valence-corrected chi connectivity index (χ3v) is 2.64. The Morgan fingerprint density at radius 3 is 2.06 bits per heavy atom. The zero-order valence-corrected chi connectivity index (χ0v) is 8.80. The van der Waals surface area contributed by atoms with Crippen LogP contribution in [-0.2, 0) is 9.59 Å². The van der Waals surface area contributed by atoms with Gasteiger partial charge in [-0.05, 0) is 6.42 Å². The lowest BCUT2D eigenvalue weighted by molar-refractivity contribution is -0.274. The van der Waals surface area contributed by atoms with Crippen molar-refractivity contribution >= 4 is 11.9 Å². The molecule has 0 saturated carbocycles. The van der Waals surface area contributed by atoms with E-state index >= 15 is 0 Å². The summed E-state index contributed by atoms with van der Waals surface area (Å²) in [4.78, 5) is 21.8. The van der Waals surface area contributed by atoms with Crippen molar-refractivity contribution in [3.63, 3.8) is 0 Å². The topological polar surface area (TPSA) is 83.6 Å². The summed E-state index contributed by atoms with van der Waals surface area (Å²) < 4.78 is 61.3. The van der Waals surface area contributed by atoms with E-state index in [-0.39, 0.29) is 11.3 Å². The molecule has 1 rings (SSSR count). The molecule has 1 aliphatic heterocycles. The molecule has 1 fully saturated rings.